The molecular weight excluding hydrogens is 176 g/mol. The van der Waals surface area contributed by atoms with Crippen LogP contribution in [0.3, 0.4) is 0 Å². The van der Waals surface area contributed by atoms with Gasteiger partial charge in [0.05, 0.1) is 5.54 Å². The molecule has 0 N–H and O–H groups in total. The average Bonchev–Trinajstić information content (AvgIpc) is 1.82. The zero-order chi connectivity index (χ0) is 10.6. The van der Waals surface area contributed by atoms with E-state index in [4.69, 9.17) is 0 Å². The Kier molecular flexibility index (Phi) is 4.82. The van der Waals surface area contributed by atoms with Gasteiger partial charge in [0, 0.05) is 0 Å². The van der Waals surface area contributed by atoms with Crippen molar-refractivity contribution in [1.29, 1.82) is 0 Å². The van der Waals surface area contributed by atoms with Crippen LogP contribution in [0.1, 0.15) is 48.5 Å². The van der Waals surface area contributed by atoms with Crippen molar-refractivity contribution in [1.82, 2.24) is 0 Å². The third-order valence-corrected chi connectivity index (χ3v) is 4.35. The molecule has 0 bridgehead atoms. The first-order chi connectivity index (χ1) is 5.74. The van der Waals surface area contributed by atoms with Crippen molar-refractivity contribution in [3.63, 3.8) is 0 Å². The van der Waals surface area contributed by atoms with Crippen molar-refractivity contribution in [3.8, 4) is 0 Å². The Hall–Kier alpha value is -0.183. The van der Waals surface area contributed by atoms with Crippen molar-refractivity contribution in [2.24, 2.45) is 9.89 Å². The van der Waals surface area contributed by atoms with Crippen molar-refractivity contribution < 1.29 is 0 Å². The Morgan fingerprint density at radius 2 is 1.31 bits per heavy atom. The quantitative estimate of drug-likeness (QED) is 0.484. The molecule has 0 rings (SSSR count). The van der Waals surface area contributed by atoms with Crippen LogP contribution in [0.4, 0.5) is 0 Å². The highest BCUT2D eigenvalue weighted by Gasteiger charge is 2.21. The number of rotatable bonds is 3. The summed E-state index contributed by atoms with van der Waals surface area (Å²) in [5.74, 6) is 0. The predicted molar refractivity (Wildman–Crippen MR) is 60.6 cm³/mol. The van der Waals surface area contributed by atoms with E-state index in [-0.39, 0.29) is 5.54 Å². The van der Waals surface area contributed by atoms with Gasteiger partial charge in [-0.3, -0.25) is 0 Å². The Balaban J connectivity index is 4.35. The Morgan fingerprint density at radius 1 is 0.923 bits per heavy atom. The van der Waals surface area contributed by atoms with Crippen LogP contribution in [0.15, 0.2) is 9.89 Å². The molecule has 3 heteroatoms. The van der Waals surface area contributed by atoms with Gasteiger partial charge in [0.2, 0.25) is 8.96 Å². The monoisotopic (exact) mass is 199 g/mol. The molecule has 1 radical (unpaired) electrons. The lowest BCUT2D eigenvalue weighted by atomic mass is 10.1. The van der Waals surface area contributed by atoms with Crippen LogP contribution in [-0.4, -0.2) is 14.5 Å². The highest BCUT2D eigenvalue weighted by Crippen LogP contribution is 2.22. The molecule has 0 aliphatic carbocycles. The molecule has 0 heterocycles. The molecular formula is C10H23N2Si. The molecule has 0 aliphatic heterocycles. The summed E-state index contributed by atoms with van der Waals surface area (Å²) in [6.07, 6.45) is 0. The van der Waals surface area contributed by atoms with Crippen LogP contribution < -0.4 is 0 Å². The molecule has 0 aliphatic rings. The van der Waals surface area contributed by atoms with Gasteiger partial charge in [-0.25, -0.2) is 4.78 Å². The first-order valence-electron chi connectivity index (χ1n) is 5.03. The van der Waals surface area contributed by atoms with Crippen LogP contribution >= 0.6 is 0 Å². The molecule has 0 saturated heterocycles. The summed E-state index contributed by atoms with van der Waals surface area (Å²) in [5, 5.41) is 4.37. The Bertz CT molecular complexity index is 160. The van der Waals surface area contributed by atoms with Crippen LogP contribution in [0, 0.1) is 0 Å². The summed E-state index contributed by atoms with van der Waals surface area (Å²) in [6.45, 7) is 15.3. The molecule has 0 aromatic carbocycles. The molecule has 0 aromatic rings. The Labute approximate surface area is 84.5 Å². The van der Waals surface area contributed by atoms with Gasteiger partial charge in [-0.15, -0.1) is 0 Å². The van der Waals surface area contributed by atoms with E-state index >= 15 is 0 Å². The van der Waals surface area contributed by atoms with E-state index in [1.165, 1.54) is 0 Å². The van der Waals surface area contributed by atoms with Gasteiger partial charge < -0.3 is 0 Å². The van der Waals surface area contributed by atoms with Crippen molar-refractivity contribution >= 4 is 8.96 Å². The highest BCUT2D eigenvalue weighted by molar-refractivity contribution is 6.59. The van der Waals surface area contributed by atoms with E-state index in [2.05, 4.69) is 58.4 Å². The fraction of sp³-hybridized carbons (Fsp3) is 1.00. The Morgan fingerprint density at radius 3 is 1.54 bits per heavy atom. The summed E-state index contributed by atoms with van der Waals surface area (Å²) in [7, 11) is -0.653. The first-order valence-corrected chi connectivity index (χ1v) is 6.64. The highest BCUT2D eigenvalue weighted by atomic mass is 28.3. The van der Waals surface area contributed by atoms with Gasteiger partial charge in [0.25, 0.3) is 0 Å². The normalized spacial score (nSPS) is 14.0. The molecule has 0 saturated carbocycles. The van der Waals surface area contributed by atoms with Gasteiger partial charge >= 0.3 is 0 Å². The summed E-state index contributed by atoms with van der Waals surface area (Å²) >= 11 is 0. The minimum absolute atomic E-state index is 0.0142. The van der Waals surface area contributed by atoms with E-state index in [1.54, 1.807) is 0 Å². The number of hydrogen-bond acceptors (Lipinski definition) is 2. The smallest absolute Gasteiger partial charge is 0.231 e. The second-order valence-electron chi connectivity index (χ2n) is 5.11. The fourth-order valence-corrected chi connectivity index (χ4v) is 3.32. The van der Waals surface area contributed by atoms with Crippen molar-refractivity contribution in [2.75, 3.05) is 0 Å². The van der Waals surface area contributed by atoms with Crippen LogP contribution in [-0.2, 0) is 0 Å². The number of hydrogen-bond donors (Lipinski definition) is 0. The summed E-state index contributed by atoms with van der Waals surface area (Å²) in [4.78, 5) is 0. The molecule has 13 heavy (non-hydrogen) atoms. The molecule has 0 amide bonds. The zero-order valence-corrected chi connectivity index (χ0v) is 11.0. The van der Waals surface area contributed by atoms with Gasteiger partial charge in [-0.1, -0.05) is 27.7 Å². The van der Waals surface area contributed by atoms with Crippen LogP contribution in [0.2, 0.25) is 11.1 Å². The van der Waals surface area contributed by atoms with Crippen molar-refractivity contribution in [3.05, 3.63) is 0 Å². The molecule has 0 atom stereocenters. The first kappa shape index (κ1) is 12.8. The lowest BCUT2D eigenvalue weighted by Crippen LogP contribution is -2.20. The van der Waals surface area contributed by atoms with E-state index in [0.29, 0.717) is 11.1 Å². The lowest BCUT2D eigenvalue weighted by molar-refractivity contribution is 0.554. The summed E-state index contributed by atoms with van der Waals surface area (Å²) < 4.78 is 4.52. The van der Waals surface area contributed by atoms with Crippen LogP contribution in [0.25, 0.3) is 0 Å². The SMILES string of the molecule is CC(C)[Si](N=NC(C)(C)C)C(C)C. The van der Waals surface area contributed by atoms with E-state index < -0.39 is 8.96 Å². The zero-order valence-electron chi connectivity index (χ0n) is 10.0. The maximum atomic E-state index is 4.52. The van der Waals surface area contributed by atoms with Gasteiger partial charge in [0.15, 0.2) is 0 Å². The fourth-order valence-electron chi connectivity index (χ4n) is 1.11. The topological polar surface area (TPSA) is 24.7 Å². The lowest BCUT2D eigenvalue weighted by Gasteiger charge is -2.18. The standard InChI is InChI=1S/C10H23N2Si/c1-8(2)13(9(3)4)12-11-10(5,6)7/h8-9H,1-7H3. The molecule has 0 aromatic heterocycles. The van der Waals surface area contributed by atoms with Gasteiger partial charge in [-0.2, -0.15) is 5.11 Å². The minimum Gasteiger partial charge on any atom is -0.238 e. The van der Waals surface area contributed by atoms with Crippen LogP contribution in [0.5, 0.6) is 0 Å². The second kappa shape index (κ2) is 4.89. The maximum absolute atomic E-state index is 4.52. The van der Waals surface area contributed by atoms with Crippen molar-refractivity contribution in [2.45, 2.75) is 65.1 Å². The summed E-state index contributed by atoms with van der Waals surface area (Å²) in [6, 6.07) is 0. The van der Waals surface area contributed by atoms with E-state index in [9.17, 15) is 0 Å². The molecule has 77 valence electrons. The largest absolute Gasteiger partial charge is 0.238 e. The van der Waals surface area contributed by atoms with Gasteiger partial charge in [-0.05, 0) is 31.9 Å². The maximum Gasteiger partial charge on any atom is 0.231 e. The van der Waals surface area contributed by atoms with E-state index in [0.717, 1.165) is 0 Å². The predicted octanol–water partition coefficient (Wildman–Crippen LogP) is 4.05. The number of nitrogens with zero attached hydrogens (tertiary/aromatic N) is 2. The van der Waals surface area contributed by atoms with E-state index in [1.807, 2.05) is 0 Å². The third-order valence-electron chi connectivity index (χ3n) is 1.65. The second-order valence-corrected chi connectivity index (χ2v) is 8.46. The van der Waals surface area contributed by atoms with Gasteiger partial charge in [0.1, 0.15) is 0 Å². The summed E-state index contributed by atoms with van der Waals surface area (Å²) in [5.41, 5.74) is 1.34. The molecule has 0 fully saturated rings. The molecule has 0 spiro atoms. The third kappa shape index (κ3) is 5.97. The average molecular weight is 199 g/mol. The molecule has 2 nitrogen and oxygen atoms in total. The molecule has 0 unspecified atom stereocenters. The minimum atomic E-state index is -0.653.